The third-order valence-corrected chi connectivity index (χ3v) is 2.35. The summed E-state index contributed by atoms with van der Waals surface area (Å²) in [6.45, 7) is 1.83. The van der Waals surface area contributed by atoms with Crippen LogP contribution < -0.4 is 0 Å². The third-order valence-electron chi connectivity index (χ3n) is 1.98. The molecule has 0 fully saturated rings. The Balaban J connectivity index is 2.72. The summed E-state index contributed by atoms with van der Waals surface area (Å²) in [4.78, 5) is 11.1. The van der Waals surface area contributed by atoms with Crippen molar-refractivity contribution in [2.75, 3.05) is 6.61 Å². The largest absolute Gasteiger partial charge is 0.464 e. The van der Waals surface area contributed by atoms with Gasteiger partial charge < -0.3 is 9.84 Å². The maximum Gasteiger partial charge on any atom is 0.335 e. The second-order valence-corrected chi connectivity index (χ2v) is 3.61. The van der Waals surface area contributed by atoms with Crippen LogP contribution >= 0.6 is 11.6 Å². The van der Waals surface area contributed by atoms with E-state index < -0.39 is 17.9 Å². The highest BCUT2D eigenvalue weighted by Crippen LogP contribution is 2.18. The Hall–Kier alpha value is -1.13. The molecule has 0 radical (unpaired) electrons. The summed E-state index contributed by atoms with van der Waals surface area (Å²) < 4.78 is 17.5. The molecule has 1 aromatic rings. The van der Waals surface area contributed by atoms with Crippen molar-refractivity contribution in [3.8, 4) is 0 Å². The van der Waals surface area contributed by atoms with E-state index in [9.17, 15) is 14.3 Å². The first-order valence-corrected chi connectivity index (χ1v) is 5.21. The fourth-order valence-electron chi connectivity index (χ4n) is 1.23. The maximum atomic E-state index is 12.9. The molecular formula is C11H12ClFO3. The number of aliphatic hydroxyl groups is 1. The van der Waals surface area contributed by atoms with Crippen molar-refractivity contribution in [3.63, 3.8) is 0 Å². The van der Waals surface area contributed by atoms with Gasteiger partial charge in [0.15, 0.2) is 6.10 Å². The highest BCUT2D eigenvalue weighted by Gasteiger charge is 2.18. The lowest BCUT2D eigenvalue weighted by atomic mass is 10.1. The normalized spacial score (nSPS) is 12.2. The Morgan fingerprint density at radius 1 is 1.62 bits per heavy atom. The fourth-order valence-corrected chi connectivity index (χ4v) is 1.42. The van der Waals surface area contributed by atoms with Crippen LogP contribution in [0.5, 0.6) is 0 Å². The number of rotatable bonds is 4. The standard InChI is InChI=1S/C11H12ClFO3/c1-2-16-11(15)10(14)6-7-5-8(13)3-4-9(7)12/h3-5,10,14H,2,6H2,1H3. The summed E-state index contributed by atoms with van der Waals surface area (Å²) in [7, 11) is 0. The fraction of sp³-hybridized carbons (Fsp3) is 0.364. The number of hydrogen-bond acceptors (Lipinski definition) is 3. The summed E-state index contributed by atoms with van der Waals surface area (Å²) in [6.07, 6.45) is -1.38. The van der Waals surface area contributed by atoms with Crippen molar-refractivity contribution in [1.82, 2.24) is 0 Å². The van der Waals surface area contributed by atoms with Gasteiger partial charge in [-0.2, -0.15) is 0 Å². The molecule has 5 heteroatoms. The van der Waals surface area contributed by atoms with Crippen LogP contribution in [0.2, 0.25) is 5.02 Å². The minimum atomic E-state index is -1.32. The number of carbonyl (C=O) groups excluding carboxylic acids is 1. The Bertz CT molecular complexity index is 381. The van der Waals surface area contributed by atoms with Crippen LogP contribution in [-0.4, -0.2) is 23.8 Å². The zero-order chi connectivity index (χ0) is 12.1. The lowest BCUT2D eigenvalue weighted by Crippen LogP contribution is -2.25. The Kier molecular flexibility index (Phi) is 4.71. The van der Waals surface area contributed by atoms with Crippen LogP contribution in [0.15, 0.2) is 18.2 Å². The number of hydrogen-bond donors (Lipinski definition) is 1. The molecule has 0 aromatic heterocycles. The molecule has 0 aliphatic heterocycles. The monoisotopic (exact) mass is 246 g/mol. The van der Waals surface area contributed by atoms with Crippen molar-refractivity contribution >= 4 is 17.6 Å². The number of halogens is 2. The molecule has 1 N–H and O–H groups in total. The van der Waals surface area contributed by atoms with Gasteiger partial charge in [-0.1, -0.05) is 11.6 Å². The van der Waals surface area contributed by atoms with Gasteiger partial charge in [0.25, 0.3) is 0 Å². The number of carbonyl (C=O) groups is 1. The molecule has 0 bridgehead atoms. The molecule has 3 nitrogen and oxygen atoms in total. The van der Waals surface area contributed by atoms with Gasteiger partial charge in [-0.25, -0.2) is 9.18 Å². The van der Waals surface area contributed by atoms with Gasteiger partial charge in [0.2, 0.25) is 0 Å². The topological polar surface area (TPSA) is 46.5 Å². The zero-order valence-corrected chi connectivity index (χ0v) is 9.50. The lowest BCUT2D eigenvalue weighted by Gasteiger charge is -2.10. The summed E-state index contributed by atoms with van der Waals surface area (Å²) in [5.41, 5.74) is 0.377. The van der Waals surface area contributed by atoms with Crippen molar-refractivity contribution in [3.05, 3.63) is 34.6 Å². The summed E-state index contributed by atoms with van der Waals surface area (Å²) in [5.74, 6) is -1.20. The highest BCUT2D eigenvalue weighted by molar-refractivity contribution is 6.31. The number of benzene rings is 1. The third kappa shape index (κ3) is 3.47. The molecule has 1 rings (SSSR count). The van der Waals surface area contributed by atoms with Crippen molar-refractivity contribution in [2.24, 2.45) is 0 Å². The SMILES string of the molecule is CCOC(=O)C(O)Cc1cc(F)ccc1Cl. The zero-order valence-electron chi connectivity index (χ0n) is 8.74. The second-order valence-electron chi connectivity index (χ2n) is 3.21. The van der Waals surface area contributed by atoms with Gasteiger partial charge in [0.05, 0.1) is 6.61 Å². The molecule has 0 heterocycles. The Morgan fingerprint density at radius 3 is 2.94 bits per heavy atom. The predicted molar refractivity (Wildman–Crippen MR) is 57.8 cm³/mol. The number of aliphatic hydroxyl groups excluding tert-OH is 1. The molecule has 88 valence electrons. The predicted octanol–water partition coefficient (Wildman–Crippen LogP) is 1.95. The molecule has 0 amide bonds. The van der Waals surface area contributed by atoms with Crippen LogP contribution in [0, 0.1) is 5.82 Å². The second kappa shape index (κ2) is 5.82. The first-order chi connectivity index (χ1) is 7.54. The molecule has 0 aliphatic rings. The molecule has 0 saturated heterocycles. The molecule has 0 spiro atoms. The van der Waals surface area contributed by atoms with E-state index in [2.05, 4.69) is 4.74 Å². The van der Waals surface area contributed by atoms with Crippen LogP contribution in [0.3, 0.4) is 0 Å². The summed E-state index contributed by atoms with van der Waals surface area (Å²) >= 11 is 5.79. The molecule has 16 heavy (non-hydrogen) atoms. The van der Waals surface area contributed by atoms with Gasteiger partial charge in [-0.15, -0.1) is 0 Å². The van der Waals surface area contributed by atoms with Gasteiger partial charge in [-0.3, -0.25) is 0 Å². The van der Waals surface area contributed by atoms with Gasteiger partial charge in [-0.05, 0) is 30.7 Å². The van der Waals surface area contributed by atoms with E-state index in [1.807, 2.05) is 0 Å². The molecule has 0 aliphatic carbocycles. The molecular weight excluding hydrogens is 235 g/mol. The first-order valence-electron chi connectivity index (χ1n) is 4.83. The van der Waals surface area contributed by atoms with Gasteiger partial charge in [0, 0.05) is 11.4 Å². The van der Waals surface area contributed by atoms with E-state index in [4.69, 9.17) is 11.6 Å². The van der Waals surface area contributed by atoms with Crippen LogP contribution in [0.4, 0.5) is 4.39 Å². The molecule has 1 unspecified atom stereocenters. The maximum absolute atomic E-state index is 12.9. The van der Waals surface area contributed by atoms with Crippen molar-refractivity contribution in [1.29, 1.82) is 0 Å². The van der Waals surface area contributed by atoms with Gasteiger partial charge >= 0.3 is 5.97 Å². The smallest absolute Gasteiger partial charge is 0.335 e. The van der Waals surface area contributed by atoms with Crippen molar-refractivity contribution < 1.29 is 19.0 Å². The number of ether oxygens (including phenoxy) is 1. The molecule has 1 aromatic carbocycles. The first kappa shape index (κ1) is 12.9. The van der Waals surface area contributed by atoms with E-state index >= 15 is 0 Å². The lowest BCUT2D eigenvalue weighted by molar-refractivity contribution is -0.152. The minimum absolute atomic E-state index is 0.0601. The average molecular weight is 247 g/mol. The Labute approximate surface area is 97.8 Å². The van der Waals surface area contributed by atoms with E-state index in [0.717, 1.165) is 0 Å². The van der Waals surface area contributed by atoms with E-state index in [0.29, 0.717) is 10.6 Å². The van der Waals surface area contributed by atoms with Crippen LogP contribution in [0.1, 0.15) is 12.5 Å². The minimum Gasteiger partial charge on any atom is -0.464 e. The Morgan fingerprint density at radius 2 is 2.31 bits per heavy atom. The average Bonchev–Trinajstić information content (AvgIpc) is 2.23. The highest BCUT2D eigenvalue weighted by atomic mass is 35.5. The van der Waals surface area contributed by atoms with E-state index in [1.165, 1.54) is 18.2 Å². The molecule has 1 atom stereocenters. The number of esters is 1. The van der Waals surface area contributed by atoms with Crippen molar-refractivity contribution in [2.45, 2.75) is 19.4 Å². The van der Waals surface area contributed by atoms with Gasteiger partial charge in [0.1, 0.15) is 5.82 Å². The van der Waals surface area contributed by atoms with E-state index in [1.54, 1.807) is 6.92 Å². The van der Waals surface area contributed by atoms with Crippen LogP contribution in [0.25, 0.3) is 0 Å². The summed E-state index contributed by atoms with van der Waals surface area (Å²) in [6, 6.07) is 3.78. The van der Waals surface area contributed by atoms with Crippen LogP contribution in [-0.2, 0) is 16.0 Å². The summed E-state index contributed by atoms with van der Waals surface area (Å²) in [5, 5.41) is 9.77. The quantitative estimate of drug-likeness (QED) is 0.826. The van der Waals surface area contributed by atoms with E-state index in [-0.39, 0.29) is 13.0 Å². The molecule has 0 saturated carbocycles.